The summed E-state index contributed by atoms with van der Waals surface area (Å²) in [6.45, 7) is 3.45. The summed E-state index contributed by atoms with van der Waals surface area (Å²) < 4.78 is 24.2. The number of benzene rings is 1. The Balaban J connectivity index is 2.59. The molecule has 1 atom stereocenters. The molecular weight excluding hydrogens is 275 g/mol. The van der Waals surface area contributed by atoms with E-state index in [1.54, 1.807) is 40.3 Å². The smallest absolute Gasteiger partial charge is 0.262 e. The first-order chi connectivity index (χ1) is 9.95. The van der Waals surface area contributed by atoms with Gasteiger partial charge in [0.2, 0.25) is 0 Å². The van der Waals surface area contributed by atoms with E-state index in [4.69, 9.17) is 9.47 Å². The molecule has 0 bridgehead atoms. The first-order valence-corrected chi connectivity index (χ1v) is 6.81. The summed E-state index contributed by atoms with van der Waals surface area (Å²) in [4.78, 5) is 13.1. The van der Waals surface area contributed by atoms with Gasteiger partial charge in [-0.05, 0) is 24.6 Å². The molecule has 0 heterocycles. The van der Waals surface area contributed by atoms with Gasteiger partial charge in [-0.15, -0.1) is 0 Å². The van der Waals surface area contributed by atoms with Gasteiger partial charge in [-0.2, -0.15) is 0 Å². The molecular formula is C15H23FN2O3. The number of methoxy groups -OCH3 is 1. The van der Waals surface area contributed by atoms with Crippen molar-refractivity contribution in [2.75, 3.05) is 34.4 Å². The Labute approximate surface area is 125 Å². The van der Waals surface area contributed by atoms with Crippen molar-refractivity contribution >= 4 is 5.91 Å². The first kappa shape index (κ1) is 17.4. The molecule has 0 saturated carbocycles. The number of nitrogens with one attached hydrogen (secondary N) is 1. The van der Waals surface area contributed by atoms with Crippen molar-refractivity contribution in [1.82, 2.24) is 10.2 Å². The van der Waals surface area contributed by atoms with Crippen molar-refractivity contribution in [3.8, 4) is 5.75 Å². The molecule has 0 aliphatic rings. The van der Waals surface area contributed by atoms with Crippen molar-refractivity contribution in [1.29, 1.82) is 0 Å². The van der Waals surface area contributed by atoms with Gasteiger partial charge >= 0.3 is 0 Å². The van der Waals surface area contributed by atoms with Crippen LogP contribution in [0, 0.1) is 5.82 Å². The number of likely N-dealkylation sites (N-methyl/N-ethyl adjacent to an activating group) is 1. The van der Waals surface area contributed by atoms with E-state index in [0.717, 1.165) is 5.56 Å². The van der Waals surface area contributed by atoms with Gasteiger partial charge in [0.25, 0.3) is 5.91 Å². The molecule has 21 heavy (non-hydrogen) atoms. The SMILES string of the molecule is COCCNCc1ccc(OC(C)C(=O)N(C)C)c(F)c1. The number of hydrogen-bond donors (Lipinski definition) is 1. The topological polar surface area (TPSA) is 50.8 Å². The third-order valence-corrected chi connectivity index (χ3v) is 2.90. The third-order valence-electron chi connectivity index (χ3n) is 2.90. The van der Waals surface area contributed by atoms with Crippen LogP contribution in [0.4, 0.5) is 4.39 Å². The fraction of sp³-hybridized carbons (Fsp3) is 0.533. The zero-order valence-corrected chi connectivity index (χ0v) is 13.0. The number of nitrogens with zero attached hydrogens (tertiary/aromatic N) is 1. The summed E-state index contributed by atoms with van der Waals surface area (Å²) in [6.07, 6.45) is -0.722. The van der Waals surface area contributed by atoms with Crippen LogP contribution >= 0.6 is 0 Å². The fourth-order valence-electron chi connectivity index (χ4n) is 1.76. The predicted octanol–water partition coefficient (Wildman–Crippen LogP) is 1.42. The summed E-state index contributed by atoms with van der Waals surface area (Å²) >= 11 is 0. The van der Waals surface area contributed by atoms with Gasteiger partial charge in [0.1, 0.15) is 0 Å². The number of carbonyl (C=O) groups is 1. The number of hydrogen-bond acceptors (Lipinski definition) is 4. The Morgan fingerprint density at radius 1 is 1.43 bits per heavy atom. The van der Waals surface area contributed by atoms with E-state index in [9.17, 15) is 9.18 Å². The molecule has 0 radical (unpaired) electrons. The van der Waals surface area contributed by atoms with Gasteiger partial charge in [0, 0.05) is 34.3 Å². The Morgan fingerprint density at radius 2 is 2.14 bits per heavy atom. The normalized spacial score (nSPS) is 12.0. The zero-order valence-electron chi connectivity index (χ0n) is 13.0. The molecule has 5 nitrogen and oxygen atoms in total. The van der Waals surface area contributed by atoms with Crippen LogP contribution in [0.5, 0.6) is 5.75 Å². The second kappa shape index (κ2) is 8.59. The van der Waals surface area contributed by atoms with Crippen molar-refractivity contribution in [3.05, 3.63) is 29.6 Å². The van der Waals surface area contributed by atoms with Crippen molar-refractivity contribution in [2.24, 2.45) is 0 Å². The maximum atomic E-state index is 13.9. The van der Waals surface area contributed by atoms with E-state index < -0.39 is 11.9 Å². The molecule has 1 aromatic rings. The number of carbonyl (C=O) groups excluding carboxylic acids is 1. The molecule has 6 heteroatoms. The van der Waals surface area contributed by atoms with Crippen LogP contribution in [0.15, 0.2) is 18.2 Å². The lowest BCUT2D eigenvalue weighted by molar-refractivity contribution is -0.135. The molecule has 1 aromatic carbocycles. The minimum atomic E-state index is -0.722. The summed E-state index contributed by atoms with van der Waals surface area (Å²) in [7, 11) is 4.89. The average Bonchev–Trinajstić information content (AvgIpc) is 2.45. The highest BCUT2D eigenvalue weighted by Gasteiger charge is 2.18. The Bertz CT molecular complexity index is 466. The van der Waals surface area contributed by atoms with Crippen LogP contribution in [0.3, 0.4) is 0 Å². The standard InChI is InChI=1S/C15H23FN2O3/c1-11(15(19)18(2)3)21-14-6-5-12(9-13(14)16)10-17-7-8-20-4/h5-6,9,11,17H,7-8,10H2,1-4H3. The Kier molecular flexibility index (Phi) is 7.11. The molecule has 0 aromatic heterocycles. The molecule has 118 valence electrons. The quantitative estimate of drug-likeness (QED) is 0.738. The van der Waals surface area contributed by atoms with E-state index >= 15 is 0 Å². The third kappa shape index (κ3) is 5.69. The molecule has 0 spiro atoms. The molecule has 0 saturated heterocycles. The highest BCUT2D eigenvalue weighted by molar-refractivity contribution is 5.80. The van der Waals surface area contributed by atoms with Crippen molar-refractivity contribution in [3.63, 3.8) is 0 Å². The van der Waals surface area contributed by atoms with E-state index in [-0.39, 0.29) is 11.7 Å². The minimum absolute atomic E-state index is 0.0818. The van der Waals surface area contributed by atoms with E-state index in [2.05, 4.69) is 5.32 Å². The molecule has 1 unspecified atom stereocenters. The summed E-state index contributed by atoms with van der Waals surface area (Å²) in [5.74, 6) is -0.600. The second-order valence-corrected chi connectivity index (χ2v) is 4.93. The van der Waals surface area contributed by atoms with E-state index in [0.29, 0.717) is 19.7 Å². The highest BCUT2D eigenvalue weighted by Crippen LogP contribution is 2.20. The average molecular weight is 298 g/mol. The number of amides is 1. The van der Waals surface area contributed by atoms with Gasteiger partial charge in [-0.1, -0.05) is 6.07 Å². The maximum absolute atomic E-state index is 13.9. The van der Waals surface area contributed by atoms with Crippen LogP contribution in [0.1, 0.15) is 12.5 Å². The van der Waals surface area contributed by atoms with Gasteiger partial charge in [-0.3, -0.25) is 4.79 Å². The van der Waals surface area contributed by atoms with Gasteiger partial charge in [0.15, 0.2) is 17.7 Å². The predicted molar refractivity (Wildman–Crippen MR) is 78.8 cm³/mol. The summed E-state index contributed by atoms with van der Waals surface area (Å²) in [5, 5.41) is 3.13. The van der Waals surface area contributed by atoms with Crippen molar-refractivity contribution in [2.45, 2.75) is 19.6 Å². The number of rotatable bonds is 8. The largest absolute Gasteiger partial charge is 0.478 e. The second-order valence-electron chi connectivity index (χ2n) is 4.93. The first-order valence-electron chi connectivity index (χ1n) is 6.81. The molecule has 0 aliphatic heterocycles. The molecule has 1 rings (SSSR count). The van der Waals surface area contributed by atoms with Crippen LogP contribution < -0.4 is 10.1 Å². The highest BCUT2D eigenvalue weighted by atomic mass is 19.1. The van der Waals surface area contributed by atoms with Crippen LogP contribution in [0.25, 0.3) is 0 Å². The molecule has 1 amide bonds. The monoisotopic (exact) mass is 298 g/mol. The van der Waals surface area contributed by atoms with Crippen molar-refractivity contribution < 1.29 is 18.7 Å². The summed E-state index contributed by atoms with van der Waals surface area (Å²) in [5.41, 5.74) is 0.808. The van der Waals surface area contributed by atoms with Gasteiger partial charge in [-0.25, -0.2) is 4.39 Å². The summed E-state index contributed by atoms with van der Waals surface area (Å²) in [6, 6.07) is 4.72. The van der Waals surface area contributed by atoms with E-state index in [1.165, 1.54) is 11.0 Å². The van der Waals surface area contributed by atoms with Crippen LogP contribution in [-0.2, 0) is 16.1 Å². The zero-order chi connectivity index (χ0) is 15.8. The lowest BCUT2D eigenvalue weighted by atomic mass is 10.2. The fourth-order valence-corrected chi connectivity index (χ4v) is 1.76. The van der Waals surface area contributed by atoms with E-state index in [1.807, 2.05) is 0 Å². The molecule has 0 aliphatic carbocycles. The van der Waals surface area contributed by atoms with Crippen LogP contribution in [-0.4, -0.2) is 51.3 Å². The lowest BCUT2D eigenvalue weighted by Gasteiger charge is -2.18. The Hall–Kier alpha value is -1.66. The molecule has 0 fully saturated rings. The van der Waals surface area contributed by atoms with Gasteiger partial charge < -0.3 is 19.7 Å². The number of halogens is 1. The lowest BCUT2D eigenvalue weighted by Crippen LogP contribution is -2.35. The number of ether oxygens (including phenoxy) is 2. The Morgan fingerprint density at radius 3 is 2.71 bits per heavy atom. The molecule has 1 N–H and O–H groups in total. The van der Waals surface area contributed by atoms with Crippen LogP contribution in [0.2, 0.25) is 0 Å². The maximum Gasteiger partial charge on any atom is 0.262 e. The minimum Gasteiger partial charge on any atom is -0.478 e. The van der Waals surface area contributed by atoms with Gasteiger partial charge in [0.05, 0.1) is 6.61 Å².